The first kappa shape index (κ1) is 13.7. The van der Waals surface area contributed by atoms with Crippen molar-refractivity contribution in [3.8, 4) is 0 Å². The third kappa shape index (κ3) is 4.14. The number of nitrogens with one attached hydrogen (secondary N) is 1. The molecular formula is C16H17NOS. The van der Waals surface area contributed by atoms with Gasteiger partial charge in [-0.1, -0.05) is 49.4 Å². The Balaban J connectivity index is 2.03. The molecule has 0 saturated heterocycles. The molecule has 0 spiro atoms. The van der Waals surface area contributed by atoms with Gasteiger partial charge in [-0.2, -0.15) is 0 Å². The zero-order chi connectivity index (χ0) is 13.5. The van der Waals surface area contributed by atoms with E-state index >= 15 is 0 Å². The summed E-state index contributed by atoms with van der Waals surface area (Å²) in [6.45, 7) is 2.10. The van der Waals surface area contributed by atoms with Gasteiger partial charge in [0.25, 0.3) is 0 Å². The van der Waals surface area contributed by atoms with Gasteiger partial charge in [0.2, 0.25) is 5.91 Å². The van der Waals surface area contributed by atoms with Crippen LogP contribution in [0.4, 0.5) is 5.69 Å². The molecule has 2 aromatic carbocycles. The Morgan fingerprint density at radius 2 is 1.74 bits per heavy atom. The fraction of sp³-hybridized carbons (Fsp3) is 0.188. The van der Waals surface area contributed by atoms with E-state index in [0.717, 1.165) is 21.9 Å². The molecule has 0 saturated carbocycles. The summed E-state index contributed by atoms with van der Waals surface area (Å²) in [4.78, 5) is 13.1. The Morgan fingerprint density at radius 1 is 1.05 bits per heavy atom. The van der Waals surface area contributed by atoms with Crippen LogP contribution in [-0.4, -0.2) is 11.7 Å². The van der Waals surface area contributed by atoms with Gasteiger partial charge < -0.3 is 5.32 Å². The summed E-state index contributed by atoms with van der Waals surface area (Å²) in [5.74, 6) is 1.02. The van der Waals surface area contributed by atoms with Gasteiger partial charge in [-0.3, -0.25) is 4.79 Å². The van der Waals surface area contributed by atoms with E-state index in [1.807, 2.05) is 54.6 Å². The second kappa shape index (κ2) is 7.00. The maximum absolute atomic E-state index is 12.0. The Morgan fingerprint density at radius 3 is 2.47 bits per heavy atom. The Labute approximate surface area is 118 Å². The second-order valence-corrected chi connectivity index (χ2v) is 5.45. The third-order valence-electron chi connectivity index (χ3n) is 2.67. The highest BCUT2D eigenvalue weighted by atomic mass is 32.2. The molecule has 19 heavy (non-hydrogen) atoms. The molecule has 0 aliphatic carbocycles. The van der Waals surface area contributed by atoms with Crippen LogP contribution in [-0.2, 0) is 11.2 Å². The molecule has 1 N–H and O–H groups in total. The van der Waals surface area contributed by atoms with Crippen molar-refractivity contribution in [1.82, 2.24) is 0 Å². The number of carbonyl (C=O) groups is 1. The van der Waals surface area contributed by atoms with Gasteiger partial charge in [0.15, 0.2) is 0 Å². The van der Waals surface area contributed by atoms with Crippen molar-refractivity contribution < 1.29 is 4.79 Å². The van der Waals surface area contributed by atoms with Crippen LogP contribution in [0, 0.1) is 0 Å². The predicted octanol–water partition coefficient (Wildman–Crippen LogP) is 3.98. The fourth-order valence-corrected chi connectivity index (χ4v) is 2.59. The van der Waals surface area contributed by atoms with Crippen LogP contribution in [0.2, 0.25) is 0 Å². The SMILES string of the molecule is CCSc1ccccc1NC(=O)Cc1ccccc1. The minimum absolute atomic E-state index is 0.0235. The number of hydrogen-bond donors (Lipinski definition) is 1. The first-order chi connectivity index (χ1) is 9.29. The molecule has 2 nitrogen and oxygen atoms in total. The monoisotopic (exact) mass is 271 g/mol. The van der Waals surface area contributed by atoms with Gasteiger partial charge in [0, 0.05) is 4.90 Å². The Hall–Kier alpha value is -1.74. The van der Waals surface area contributed by atoms with E-state index in [9.17, 15) is 4.79 Å². The molecule has 0 atom stereocenters. The van der Waals surface area contributed by atoms with E-state index in [2.05, 4.69) is 12.2 Å². The lowest BCUT2D eigenvalue weighted by Crippen LogP contribution is -2.14. The molecule has 3 heteroatoms. The number of rotatable bonds is 5. The van der Waals surface area contributed by atoms with Crippen molar-refractivity contribution in [2.75, 3.05) is 11.1 Å². The van der Waals surface area contributed by atoms with E-state index in [1.165, 1.54) is 0 Å². The molecule has 0 aliphatic heterocycles. The molecular weight excluding hydrogens is 254 g/mol. The quantitative estimate of drug-likeness (QED) is 0.833. The summed E-state index contributed by atoms with van der Waals surface area (Å²) in [7, 11) is 0. The lowest BCUT2D eigenvalue weighted by molar-refractivity contribution is -0.115. The minimum atomic E-state index is 0.0235. The molecule has 98 valence electrons. The first-order valence-electron chi connectivity index (χ1n) is 6.35. The highest BCUT2D eigenvalue weighted by Gasteiger charge is 2.07. The van der Waals surface area contributed by atoms with E-state index < -0.39 is 0 Å². The summed E-state index contributed by atoms with van der Waals surface area (Å²) < 4.78 is 0. The number of thioether (sulfide) groups is 1. The standard InChI is InChI=1S/C16H17NOS/c1-2-19-15-11-7-6-10-14(15)17-16(18)12-13-8-4-3-5-9-13/h3-11H,2,12H2,1H3,(H,17,18). The molecule has 0 heterocycles. The van der Waals surface area contributed by atoms with E-state index in [-0.39, 0.29) is 5.91 Å². The van der Waals surface area contributed by atoms with Crippen molar-refractivity contribution >= 4 is 23.4 Å². The van der Waals surface area contributed by atoms with Gasteiger partial charge in [-0.15, -0.1) is 11.8 Å². The van der Waals surface area contributed by atoms with Gasteiger partial charge in [0.1, 0.15) is 0 Å². The zero-order valence-corrected chi connectivity index (χ0v) is 11.7. The number of amides is 1. The minimum Gasteiger partial charge on any atom is -0.325 e. The van der Waals surface area contributed by atoms with Crippen molar-refractivity contribution in [3.05, 3.63) is 60.2 Å². The number of benzene rings is 2. The number of carbonyl (C=O) groups excluding carboxylic acids is 1. The van der Waals surface area contributed by atoms with Crippen LogP contribution in [0.1, 0.15) is 12.5 Å². The van der Waals surface area contributed by atoms with Crippen LogP contribution < -0.4 is 5.32 Å². The molecule has 2 aromatic rings. The lowest BCUT2D eigenvalue weighted by Gasteiger charge is -2.10. The molecule has 0 aromatic heterocycles. The summed E-state index contributed by atoms with van der Waals surface area (Å²) in [6.07, 6.45) is 0.409. The van der Waals surface area contributed by atoms with Gasteiger partial charge in [-0.05, 0) is 23.4 Å². The predicted molar refractivity (Wildman–Crippen MR) is 81.6 cm³/mol. The summed E-state index contributed by atoms with van der Waals surface area (Å²) in [5, 5.41) is 2.98. The zero-order valence-electron chi connectivity index (χ0n) is 10.9. The normalized spacial score (nSPS) is 10.2. The average Bonchev–Trinajstić information content (AvgIpc) is 2.42. The number of para-hydroxylation sites is 1. The molecule has 1 amide bonds. The van der Waals surface area contributed by atoms with Gasteiger partial charge in [0.05, 0.1) is 12.1 Å². The maximum atomic E-state index is 12.0. The Kier molecular flexibility index (Phi) is 5.04. The highest BCUT2D eigenvalue weighted by Crippen LogP contribution is 2.26. The van der Waals surface area contributed by atoms with Crippen LogP contribution in [0.5, 0.6) is 0 Å². The van der Waals surface area contributed by atoms with Crippen molar-refractivity contribution in [3.63, 3.8) is 0 Å². The summed E-state index contributed by atoms with van der Waals surface area (Å²) in [6, 6.07) is 17.7. The molecule has 0 aliphatic rings. The largest absolute Gasteiger partial charge is 0.325 e. The fourth-order valence-electron chi connectivity index (χ4n) is 1.83. The summed E-state index contributed by atoms with van der Waals surface area (Å²) >= 11 is 1.74. The van der Waals surface area contributed by atoms with Crippen molar-refractivity contribution in [1.29, 1.82) is 0 Å². The molecule has 0 radical (unpaired) electrons. The van der Waals surface area contributed by atoms with Crippen molar-refractivity contribution in [2.45, 2.75) is 18.2 Å². The van der Waals surface area contributed by atoms with Crippen LogP contribution in [0.25, 0.3) is 0 Å². The maximum Gasteiger partial charge on any atom is 0.228 e. The topological polar surface area (TPSA) is 29.1 Å². The van der Waals surface area contributed by atoms with Crippen LogP contribution in [0.15, 0.2) is 59.5 Å². The van der Waals surface area contributed by atoms with E-state index in [1.54, 1.807) is 11.8 Å². The number of anilines is 1. The van der Waals surface area contributed by atoms with Crippen molar-refractivity contribution in [2.24, 2.45) is 0 Å². The van der Waals surface area contributed by atoms with Gasteiger partial charge in [-0.25, -0.2) is 0 Å². The van der Waals surface area contributed by atoms with E-state index in [4.69, 9.17) is 0 Å². The van der Waals surface area contributed by atoms with E-state index in [0.29, 0.717) is 6.42 Å². The van der Waals surface area contributed by atoms with Gasteiger partial charge >= 0.3 is 0 Å². The molecule has 0 unspecified atom stereocenters. The molecule has 2 rings (SSSR count). The Bertz CT molecular complexity index is 539. The molecule has 0 fully saturated rings. The lowest BCUT2D eigenvalue weighted by atomic mass is 10.1. The highest BCUT2D eigenvalue weighted by molar-refractivity contribution is 7.99. The van der Waals surface area contributed by atoms with Crippen LogP contribution >= 0.6 is 11.8 Å². The molecule has 0 bridgehead atoms. The second-order valence-electron chi connectivity index (χ2n) is 4.14. The smallest absolute Gasteiger partial charge is 0.228 e. The third-order valence-corrected chi connectivity index (χ3v) is 3.62. The number of hydrogen-bond acceptors (Lipinski definition) is 2. The first-order valence-corrected chi connectivity index (χ1v) is 7.33. The summed E-state index contributed by atoms with van der Waals surface area (Å²) in [5.41, 5.74) is 1.93. The average molecular weight is 271 g/mol. The van der Waals surface area contributed by atoms with Crippen LogP contribution in [0.3, 0.4) is 0 Å².